The van der Waals surface area contributed by atoms with Crippen LogP contribution in [0.4, 0.5) is 0 Å². The molecule has 1 aliphatic carbocycles. The Balaban J connectivity index is 0.000000379. The van der Waals surface area contributed by atoms with E-state index in [4.69, 9.17) is 0 Å². The number of Topliss-reactive ketones (excluding diaryl/α,β-unsaturated/α-hetero) is 1. The second-order valence-corrected chi connectivity index (χ2v) is 3.53. The van der Waals surface area contributed by atoms with E-state index in [1.165, 1.54) is 4.88 Å². The molecular formula is C12H20OS. The fourth-order valence-electron chi connectivity index (χ4n) is 1.33. The molecule has 80 valence electrons. The van der Waals surface area contributed by atoms with Gasteiger partial charge in [-0.1, -0.05) is 27.7 Å². The van der Waals surface area contributed by atoms with Gasteiger partial charge in [0.15, 0.2) is 5.78 Å². The van der Waals surface area contributed by atoms with Gasteiger partial charge in [0, 0.05) is 16.9 Å². The zero-order valence-corrected chi connectivity index (χ0v) is 10.4. The Morgan fingerprint density at radius 2 is 1.79 bits per heavy atom. The lowest BCUT2D eigenvalue weighted by atomic mass is 9.98. The van der Waals surface area contributed by atoms with Gasteiger partial charge in [0.05, 0.1) is 0 Å². The van der Waals surface area contributed by atoms with Crippen LogP contribution >= 0.6 is 11.3 Å². The highest BCUT2D eigenvalue weighted by Crippen LogP contribution is 2.25. The second kappa shape index (κ2) is 7.74. The van der Waals surface area contributed by atoms with Crippen LogP contribution < -0.4 is 0 Å². The average Bonchev–Trinajstić information content (AvgIpc) is 2.73. The number of hydrogen-bond acceptors (Lipinski definition) is 2. The summed E-state index contributed by atoms with van der Waals surface area (Å²) >= 11 is 1.71. The first kappa shape index (κ1) is 13.4. The van der Waals surface area contributed by atoms with Crippen LogP contribution in [0, 0.1) is 0 Å². The van der Waals surface area contributed by atoms with E-state index in [0.29, 0.717) is 5.78 Å². The molecule has 1 nitrogen and oxygen atoms in total. The number of carbonyl (C=O) groups excluding carboxylic acids is 1. The topological polar surface area (TPSA) is 17.1 Å². The van der Waals surface area contributed by atoms with Gasteiger partial charge < -0.3 is 0 Å². The third-order valence-corrected chi connectivity index (χ3v) is 2.83. The maximum absolute atomic E-state index is 11.2. The van der Waals surface area contributed by atoms with Gasteiger partial charge in [-0.05, 0) is 24.3 Å². The van der Waals surface area contributed by atoms with Crippen LogP contribution in [0.25, 0.3) is 0 Å². The Morgan fingerprint density at radius 1 is 1.14 bits per heavy atom. The predicted molar refractivity (Wildman–Crippen MR) is 64.3 cm³/mol. The van der Waals surface area contributed by atoms with Crippen molar-refractivity contribution in [1.82, 2.24) is 0 Å². The zero-order chi connectivity index (χ0) is 11.0. The molecule has 0 aromatic carbocycles. The van der Waals surface area contributed by atoms with Crippen molar-refractivity contribution in [3.8, 4) is 0 Å². The first-order chi connectivity index (χ1) is 6.88. The van der Waals surface area contributed by atoms with E-state index in [0.717, 1.165) is 24.8 Å². The quantitative estimate of drug-likeness (QED) is 0.626. The van der Waals surface area contributed by atoms with Gasteiger partial charge in [-0.2, -0.15) is 0 Å². The third-order valence-electron chi connectivity index (χ3n) is 1.85. The minimum atomic E-state index is 0.336. The summed E-state index contributed by atoms with van der Waals surface area (Å²) in [5, 5.41) is 2.01. The molecule has 1 heterocycles. The summed E-state index contributed by atoms with van der Waals surface area (Å²) in [7, 11) is 0. The minimum absolute atomic E-state index is 0.336. The number of fused-ring (bicyclic) bond motifs is 1. The van der Waals surface area contributed by atoms with E-state index >= 15 is 0 Å². The molecule has 14 heavy (non-hydrogen) atoms. The fourth-order valence-corrected chi connectivity index (χ4v) is 2.27. The van der Waals surface area contributed by atoms with Crippen molar-refractivity contribution in [3.63, 3.8) is 0 Å². The Hall–Kier alpha value is -0.630. The predicted octanol–water partition coefficient (Wildman–Crippen LogP) is 4.32. The van der Waals surface area contributed by atoms with Gasteiger partial charge in [0.2, 0.25) is 0 Å². The SMILES string of the molecule is CC.CC.O=C1CCCc2sccc21. The van der Waals surface area contributed by atoms with Gasteiger partial charge in [-0.3, -0.25) is 4.79 Å². The van der Waals surface area contributed by atoms with E-state index in [1.54, 1.807) is 11.3 Å². The van der Waals surface area contributed by atoms with E-state index in [-0.39, 0.29) is 0 Å². The number of thiophene rings is 1. The van der Waals surface area contributed by atoms with E-state index in [9.17, 15) is 4.79 Å². The van der Waals surface area contributed by atoms with Crippen LogP contribution in [0.2, 0.25) is 0 Å². The molecule has 1 aromatic rings. The molecule has 0 unspecified atom stereocenters. The number of ketones is 1. The molecule has 0 N–H and O–H groups in total. The normalized spacial score (nSPS) is 13.0. The Labute approximate surface area is 91.2 Å². The van der Waals surface area contributed by atoms with Crippen molar-refractivity contribution in [2.24, 2.45) is 0 Å². The van der Waals surface area contributed by atoms with Crippen LogP contribution in [0.3, 0.4) is 0 Å². The molecular weight excluding hydrogens is 192 g/mol. The van der Waals surface area contributed by atoms with Crippen LogP contribution in [-0.2, 0) is 6.42 Å². The lowest BCUT2D eigenvalue weighted by Crippen LogP contribution is -2.06. The molecule has 1 aliphatic rings. The van der Waals surface area contributed by atoms with Gasteiger partial charge >= 0.3 is 0 Å². The van der Waals surface area contributed by atoms with Crippen molar-refractivity contribution < 1.29 is 4.79 Å². The molecule has 0 fully saturated rings. The molecule has 2 heteroatoms. The summed E-state index contributed by atoms with van der Waals surface area (Å²) in [5.74, 6) is 0.336. The standard InChI is InChI=1S/C8H8OS.2C2H6/c9-7-2-1-3-8-6(7)4-5-10-8;2*1-2/h4-5H,1-3H2;2*1-2H3. The lowest BCUT2D eigenvalue weighted by molar-refractivity contribution is 0.0973. The largest absolute Gasteiger partial charge is 0.294 e. The maximum Gasteiger partial charge on any atom is 0.164 e. The Bertz CT molecular complexity index is 263. The van der Waals surface area contributed by atoms with Crippen molar-refractivity contribution in [2.45, 2.75) is 47.0 Å². The van der Waals surface area contributed by atoms with Crippen molar-refractivity contribution in [3.05, 3.63) is 21.9 Å². The van der Waals surface area contributed by atoms with Crippen molar-refractivity contribution in [2.75, 3.05) is 0 Å². The van der Waals surface area contributed by atoms with Gasteiger partial charge in [-0.25, -0.2) is 0 Å². The molecule has 0 radical (unpaired) electrons. The summed E-state index contributed by atoms with van der Waals surface area (Å²) < 4.78 is 0. The molecule has 0 atom stereocenters. The van der Waals surface area contributed by atoms with E-state index in [1.807, 2.05) is 39.1 Å². The molecule has 2 rings (SSSR count). The highest BCUT2D eigenvalue weighted by molar-refractivity contribution is 7.10. The smallest absolute Gasteiger partial charge is 0.164 e. The van der Waals surface area contributed by atoms with Gasteiger partial charge in [0.25, 0.3) is 0 Å². The Morgan fingerprint density at radius 3 is 2.36 bits per heavy atom. The van der Waals surface area contributed by atoms with Crippen LogP contribution in [-0.4, -0.2) is 5.78 Å². The van der Waals surface area contributed by atoms with Gasteiger partial charge in [-0.15, -0.1) is 11.3 Å². The highest BCUT2D eigenvalue weighted by Gasteiger charge is 2.16. The number of aryl methyl sites for hydroxylation is 1. The highest BCUT2D eigenvalue weighted by atomic mass is 32.1. The van der Waals surface area contributed by atoms with Crippen molar-refractivity contribution in [1.29, 1.82) is 0 Å². The van der Waals surface area contributed by atoms with E-state index < -0.39 is 0 Å². The molecule has 0 saturated carbocycles. The first-order valence-corrected chi connectivity index (χ1v) is 6.35. The monoisotopic (exact) mass is 212 g/mol. The summed E-state index contributed by atoms with van der Waals surface area (Å²) in [6.45, 7) is 8.00. The van der Waals surface area contributed by atoms with Crippen LogP contribution in [0.5, 0.6) is 0 Å². The van der Waals surface area contributed by atoms with E-state index in [2.05, 4.69) is 0 Å². The zero-order valence-electron chi connectivity index (χ0n) is 9.59. The van der Waals surface area contributed by atoms with Crippen molar-refractivity contribution >= 4 is 17.1 Å². The summed E-state index contributed by atoms with van der Waals surface area (Å²) in [6, 6.07) is 1.95. The summed E-state index contributed by atoms with van der Waals surface area (Å²) in [4.78, 5) is 12.4. The van der Waals surface area contributed by atoms with Gasteiger partial charge in [0.1, 0.15) is 0 Å². The van der Waals surface area contributed by atoms with Crippen LogP contribution in [0.15, 0.2) is 11.4 Å². The minimum Gasteiger partial charge on any atom is -0.294 e. The molecule has 0 amide bonds. The molecule has 0 aliphatic heterocycles. The fraction of sp³-hybridized carbons (Fsp3) is 0.583. The number of rotatable bonds is 0. The molecule has 0 bridgehead atoms. The second-order valence-electron chi connectivity index (χ2n) is 2.53. The summed E-state index contributed by atoms with van der Waals surface area (Å²) in [6.07, 6.45) is 2.91. The first-order valence-electron chi connectivity index (χ1n) is 5.47. The molecule has 0 saturated heterocycles. The number of hydrogen-bond donors (Lipinski definition) is 0. The molecule has 1 aromatic heterocycles. The van der Waals surface area contributed by atoms with Crippen LogP contribution in [0.1, 0.15) is 55.8 Å². The maximum atomic E-state index is 11.2. The lowest BCUT2D eigenvalue weighted by Gasteiger charge is -2.07. The Kier molecular flexibility index (Phi) is 7.40. The average molecular weight is 212 g/mol. The number of carbonyl (C=O) groups is 1. The molecule has 0 spiro atoms. The third kappa shape index (κ3) is 3.26. The summed E-state index contributed by atoms with van der Waals surface area (Å²) in [5.41, 5.74) is 0.983.